The average Bonchev–Trinajstić information content (AvgIpc) is 3.40. The summed E-state index contributed by atoms with van der Waals surface area (Å²) in [6.07, 6.45) is 1.94. The number of fused-ring (bicyclic) bond motifs is 3. The van der Waals surface area contributed by atoms with Gasteiger partial charge >= 0.3 is 0 Å². The molecule has 1 saturated carbocycles. The van der Waals surface area contributed by atoms with Crippen molar-refractivity contribution in [2.45, 2.75) is 44.8 Å². The molecule has 32 heavy (non-hydrogen) atoms. The Labute approximate surface area is 183 Å². The zero-order valence-corrected chi connectivity index (χ0v) is 17.6. The Bertz CT molecular complexity index is 1310. The van der Waals surface area contributed by atoms with Crippen molar-refractivity contribution in [1.29, 1.82) is 0 Å². The van der Waals surface area contributed by atoms with E-state index in [1.165, 1.54) is 19.1 Å². The third kappa shape index (κ3) is 3.42. The number of halogens is 1. The summed E-state index contributed by atoms with van der Waals surface area (Å²) in [5.41, 5.74) is 5.81. The van der Waals surface area contributed by atoms with Crippen molar-refractivity contribution in [2.24, 2.45) is 5.73 Å². The Balaban J connectivity index is 1.61. The van der Waals surface area contributed by atoms with Crippen LogP contribution in [0, 0.1) is 24.6 Å². The summed E-state index contributed by atoms with van der Waals surface area (Å²) in [4.78, 5) is 16.5. The van der Waals surface area contributed by atoms with Gasteiger partial charge in [-0.05, 0) is 32.8 Å². The molecule has 1 fully saturated rings. The number of carbonyl (C=O) groups excluding carboxylic acids is 1. The summed E-state index contributed by atoms with van der Waals surface area (Å²) < 4.78 is 27.5. The van der Waals surface area contributed by atoms with Crippen molar-refractivity contribution in [3.05, 3.63) is 52.4 Å². The number of imidazole rings is 1. The Hall–Kier alpha value is -3.64. The molecule has 164 valence electrons. The minimum Gasteiger partial charge on any atom is -0.491 e. The highest BCUT2D eigenvalue weighted by Crippen LogP contribution is 2.45. The molecular formula is C23H21FN4O4. The molecule has 3 aromatic rings. The molecule has 2 aliphatic rings. The summed E-state index contributed by atoms with van der Waals surface area (Å²) in [6, 6.07) is 4.34. The lowest BCUT2D eigenvalue weighted by Gasteiger charge is -2.12. The van der Waals surface area contributed by atoms with E-state index >= 15 is 0 Å². The molecule has 0 spiro atoms. The smallest absolute Gasteiger partial charge is 0.269 e. The highest BCUT2D eigenvalue weighted by atomic mass is 19.1. The van der Waals surface area contributed by atoms with Crippen LogP contribution < -0.4 is 10.5 Å². The van der Waals surface area contributed by atoms with Gasteiger partial charge in [0.05, 0.1) is 23.4 Å². The van der Waals surface area contributed by atoms with E-state index < -0.39 is 17.3 Å². The van der Waals surface area contributed by atoms with Crippen LogP contribution in [-0.4, -0.2) is 32.3 Å². The van der Waals surface area contributed by atoms with Gasteiger partial charge in [-0.15, -0.1) is 0 Å². The first-order chi connectivity index (χ1) is 15.2. The highest BCUT2D eigenvalue weighted by Gasteiger charge is 2.35. The van der Waals surface area contributed by atoms with E-state index in [1.54, 1.807) is 13.0 Å². The van der Waals surface area contributed by atoms with E-state index in [0.29, 0.717) is 36.0 Å². The number of amides is 1. The molecule has 9 heteroatoms. The quantitative estimate of drug-likeness (QED) is 0.610. The highest BCUT2D eigenvalue weighted by molar-refractivity contribution is 5.93. The molecule has 1 atom stereocenters. The Morgan fingerprint density at radius 1 is 1.38 bits per heavy atom. The number of aryl methyl sites for hydroxylation is 1. The number of carbonyl (C=O) groups is 1. The summed E-state index contributed by atoms with van der Waals surface area (Å²) >= 11 is 0. The number of benzene rings is 1. The second kappa shape index (κ2) is 7.21. The number of aromatic nitrogens is 3. The van der Waals surface area contributed by atoms with Gasteiger partial charge < -0.3 is 24.7 Å². The van der Waals surface area contributed by atoms with Crippen molar-refractivity contribution >= 4 is 5.91 Å². The largest absolute Gasteiger partial charge is 0.491 e. The number of ether oxygens (including phenoxy) is 1. The molecule has 3 N–H and O–H groups in total. The van der Waals surface area contributed by atoms with E-state index in [1.807, 2.05) is 4.57 Å². The average molecular weight is 436 g/mol. The van der Waals surface area contributed by atoms with Gasteiger partial charge in [-0.1, -0.05) is 17.0 Å². The monoisotopic (exact) mass is 436 g/mol. The lowest BCUT2D eigenvalue weighted by atomic mass is 10.0. The molecule has 8 nitrogen and oxygen atoms in total. The predicted molar refractivity (Wildman–Crippen MR) is 111 cm³/mol. The minimum absolute atomic E-state index is 0.0536. The molecule has 1 aliphatic carbocycles. The molecule has 1 amide bonds. The zero-order valence-electron chi connectivity index (χ0n) is 17.6. The van der Waals surface area contributed by atoms with Crippen molar-refractivity contribution in [2.75, 3.05) is 6.61 Å². The molecule has 0 unspecified atom stereocenters. The normalized spacial score (nSPS) is 16.6. The summed E-state index contributed by atoms with van der Waals surface area (Å²) in [5.74, 6) is 5.75. The van der Waals surface area contributed by atoms with Gasteiger partial charge in [0.15, 0.2) is 5.60 Å². The second-order valence-electron chi connectivity index (χ2n) is 8.28. The fourth-order valence-electron chi connectivity index (χ4n) is 3.89. The molecule has 0 radical (unpaired) electrons. The maximum Gasteiger partial charge on any atom is 0.269 e. The minimum atomic E-state index is -1.63. The third-order valence-electron chi connectivity index (χ3n) is 5.65. The first-order valence-corrected chi connectivity index (χ1v) is 10.3. The fourth-order valence-corrected chi connectivity index (χ4v) is 3.89. The van der Waals surface area contributed by atoms with Gasteiger partial charge in [-0.3, -0.25) is 4.79 Å². The van der Waals surface area contributed by atoms with E-state index in [4.69, 9.17) is 15.0 Å². The maximum absolute atomic E-state index is 14.8. The van der Waals surface area contributed by atoms with Crippen LogP contribution in [0.5, 0.6) is 5.75 Å². The summed E-state index contributed by atoms with van der Waals surface area (Å²) in [5, 5.41) is 14.4. The third-order valence-corrected chi connectivity index (χ3v) is 5.65. The lowest BCUT2D eigenvalue weighted by molar-refractivity contribution is 0.0994. The summed E-state index contributed by atoms with van der Waals surface area (Å²) in [6.45, 7) is 3.93. The maximum atomic E-state index is 14.8. The summed E-state index contributed by atoms with van der Waals surface area (Å²) in [7, 11) is 0. The van der Waals surface area contributed by atoms with Gasteiger partial charge in [0, 0.05) is 18.1 Å². The number of hydrogen-bond acceptors (Lipinski definition) is 6. The first kappa shape index (κ1) is 20.3. The molecule has 0 saturated heterocycles. The molecule has 3 heterocycles. The molecule has 1 aromatic carbocycles. The Morgan fingerprint density at radius 2 is 2.16 bits per heavy atom. The lowest BCUT2D eigenvalue weighted by Crippen LogP contribution is -2.18. The van der Waals surface area contributed by atoms with Crippen LogP contribution in [-0.2, 0) is 12.1 Å². The van der Waals surface area contributed by atoms with E-state index in [0.717, 1.165) is 18.5 Å². The van der Waals surface area contributed by atoms with Crippen molar-refractivity contribution in [1.82, 2.24) is 14.7 Å². The van der Waals surface area contributed by atoms with Crippen molar-refractivity contribution in [3.8, 4) is 29.0 Å². The van der Waals surface area contributed by atoms with Crippen molar-refractivity contribution < 1.29 is 23.6 Å². The standard InChI is InChI=1S/C23H21FN4O4/c1-12-9-18(27-32-12)23(2,30)6-5-14-10-15-17(11-16(14)24)31-8-7-28-20(13-3-4-13)19(21(25)29)26-22(15)28/h9-11,13,30H,3-4,7-8H2,1-2H3,(H2,25,29)/t23-/m1/s1. The van der Waals surface area contributed by atoms with Gasteiger partial charge in [0.25, 0.3) is 5.91 Å². The molecule has 5 rings (SSSR count). The molecule has 1 aliphatic heterocycles. The van der Waals surface area contributed by atoms with Gasteiger partial charge in [0.1, 0.15) is 41.1 Å². The van der Waals surface area contributed by atoms with E-state index in [2.05, 4.69) is 22.0 Å². The number of nitrogens with two attached hydrogens (primary N) is 1. The van der Waals surface area contributed by atoms with Gasteiger partial charge in [-0.25, -0.2) is 9.37 Å². The van der Waals surface area contributed by atoms with E-state index in [-0.39, 0.29) is 22.9 Å². The van der Waals surface area contributed by atoms with Crippen molar-refractivity contribution in [3.63, 3.8) is 0 Å². The predicted octanol–water partition coefficient (Wildman–Crippen LogP) is 2.61. The Kier molecular flexibility index (Phi) is 4.57. The fraction of sp³-hybridized carbons (Fsp3) is 0.348. The number of primary amides is 1. The van der Waals surface area contributed by atoms with Gasteiger partial charge in [0.2, 0.25) is 0 Å². The Morgan fingerprint density at radius 3 is 2.81 bits per heavy atom. The van der Waals surface area contributed by atoms with Crippen LogP contribution in [0.25, 0.3) is 11.4 Å². The number of nitrogens with zero attached hydrogens (tertiary/aromatic N) is 3. The van der Waals surface area contributed by atoms with Crippen LogP contribution in [0.4, 0.5) is 4.39 Å². The van der Waals surface area contributed by atoms with Crippen LogP contribution in [0.2, 0.25) is 0 Å². The number of rotatable bonds is 3. The zero-order chi connectivity index (χ0) is 22.6. The van der Waals surface area contributed by atoms with Crippen LogP contribution >= 0.6 is 0 Å². The second-order valence-corrected chi connectivity index (χ2v) is 8.28. The van der Waals surface area contributed by atoms with Crippen LogP contribution in [0.1, 0.15) is 58.9 Å². The van der Waals surface area contributed by atoms with Gasteiger partial charge in [-0.2, -0.15) is 0 Å². The number of aliphatic hydroxyl groups is 1. The van der Waals surface area contributed by atoms with E-state index in [9.17, 15) is 14.3 Å². The first-order valence-electron chi connectivity index (χ1n) is 10.3. The number of hydrogen-bond donors (Lipinski definition) is 2. The topological polar surface area (TPSA) is 116 Å². The molecule has 0 bridgehead atoms. The van der Waals surface area contributed by atoms with Crippen LogP contribution in [0.3, 0.4) is 0 Å². The molecule has 2 aromatic heterocycles. The molecular weight excluding hydrogens is 415 g/mol. The van der Waals surface area contributed by atoms with Crippen LogP contribution in [0.15, 0.2) is 22.7 Å². The SMILES string of the molecule is Cc1cc([C@](C)(O)C#Cc2cc3c(cc2F)OCCn2c-3nc(C(N)=O)c2C2CC2)no1.